The molecule has 0 bridgehead atoms. The molecule has 3 aromatic rings. The molecule has 0 aliphatic carbocycles. The highest BCUT2D eigenvalue weighted by Crippen LogP contribution is 2.25. The molecule has 0 saturated heterocycles. The zero-order valence-corrected chi connectivity index (χ0v) is 16.8. The summed E-state index contributed by atoms with van der Waals surface area (Å²) < 4.78 is 36.3. The third-order valence-corrected chi connectivity index (χ3v) is 5.37. The average Bonchev–Trinajstić information content (AvgIpc) is 2.69. The molecule has 1 N–H and O–H groups in total. The van der Waals surface area contributed by atoms with Crippen LogP contribution in [-0.2, 0) is 6.42 Å². The summed E-state index contributed by atoms with van der Waals surface area (Å²) in [5.74, 6) is -0.953. The van der Waals surface area contributed by atoms with Gasteiger partial charge in [-0.2, -0.15) is 13.2 Å². The summed E-state index contributed by atoms with van der Waals surface area (Å²) in [6.45, 7) is 0. The van der Waals surface area contributed by atoms with Crippen LogP contribution in [0.2, 0.25) is 0 Å². The molecule has 0 radical (unpaired) electrons. The molecule has 3 nitrogen and oxygen atoms in total. The predicted molar refractivity (Wildman–Crippen MR) is 113 cm³/mol. The lowest BCUT2D eigenvalue weighted by molar-refractivity contribution is -0.135. The van der Waals surface area contributed by atoms with Crippen LogP contribution in [-0.4, -0.2) is 22.2 Å². The fraction of sp³-hybridized carbons (Fsp3) is 0.417. The number of aryl methyl sites for hydroxylation is 1. The zero-order valence-electron chi connectivity index (χ0n) is 16.8. The number of carboxylic acids is 1. The highest BCUT2D eigenvalue weighted by Gasteiger charge is 2.25. The number of fused-ring (bicyclic) bond motifs is 2. The van der Waals surface area contributed by atoms with Crippen LogP contribution in [0.3, 0.4) is 0 Å². The lowest BCUT2D eigenvalue weighted by Gasteiger charge is -2.08. The standard InChI is InChI=1S/C24H26F3NO2/c25-24(26,27)14-7-5-3-1-2-4-6-9-17-10-8-11-18-15-20-16-19(23(29)30)12-13-21(20)28-22(17)18/h8,10-13,15-16H,1-7,9,14H2,(H,29,30). The number of hydrogen-bond acceptors (Lipinski definition) is 2. The van der Waals surface area contributed by atoms with Crippen molar-refractivity contribution >= 4 is 27.8 Å². The summed E-state index contributed by atoms with van der Waals surface area (Å²) in [5, 5.41) is 11.0. The van der Waals surface area contributed by atoms with Gasteiger partial charge >= 0.3 is 12.1 Å². The second-order valence-electron chi connectivity index (χ2n) is 7.78. The van der Waals surface area contributed by atoms with Crippen LogP contribution in [0.4, 0.5) is 13.2 Å². The Morgan fingerprint density at radius 1 is 0.867 bits per heavy atom. The van der Waals surface area contributed by atoms with Crippen molar-refractivity contribution in [3.05, 3.63) is 53.6 Å². The number of benzene rings is 2. The second kappa shape index (κ2) is 9.92. The minimum absolute atomic E-state index is 0.229. The smallest absolute Gasteiger partial charge is 0.389 e. The Labute approximate surface area is 173 Å². The number of carboxylic acid groups (broad SMARTS) is 1. The molecule has 1 aromatic heterocycles. The quantitative estimate of drug-likeness (QED) is 0.278. The molecule has 3 rings (SSSR count). The highest BCUT2D eigenvalue weighted by atomic mass is 19.4. The zero-order chi connectivity index (χ0) is 21.6. The Hall–Kier alpha value is -2.63. The molecule has 0 spiro atoms. The van der Waals surface area contributed by atoms with Gasteiger partial charge < -0.3 is 5.11 Å². The van der Waals surface area contributed by atoms with Crippen molar-refractivity contribution in [3.63, 3.8) is 0 Å². The fourth-order valence-electron chi connectivity index (χ4n) is 3.78. The molecule has 0 atom stereocenters. The molecule has 30 heavy (non-hydrogen) atoms. The number of para-hydroxylation sites is 1. The normalized spacial score (nSPS) is 12.0. The Kier molecular flexibility index (Phi) is 7.29. The number of halogens is 3. The van der Waals surface area contributed by atoms with Gasteiger partial charge in [0.05, 0.1) is 16.6 Å². The fourth-order valence-corrected chi connectivity index (χ4v) is 3.78. The van der Waals surface area contributed by atoms with E-state index >= 15 is 0 Å². The molecule has 6 heteroatoms. The van der Waals surface area contributed by atoms with Gasteiger partial charge in [0.15, 0.2) is 0 Å². The summed E-state index contributed by atoms with van der Waals surface area (Å²) in [6.07, 6.45) is 1.99. The lowest BCUT2D eigenvalue weighted by Crippen LogP contribution is -2.06. The molecule has 160 valence electrons. The van der Waals surface area contributed by atoms with E-state index < -0.39 is 18.6 Å². The maximum Gasteiger partial charge on any atom is 0.389 e. The molecule has 0 amide bonds. The van der Waals surface area contributed by atoms with Crippen molar-refractivity contribution in [2.24, 2.45) is 0 Å². The van der Waals surface area contributed by atoms with Gasteiger partial charge in [0.1, 0.15) is 0 Å². The predicted octanol–water partition coefficient (Wildman–Crippen LogP) is 7.31. The van der Waals surface area contributed by atoms with Crippen molar-refractivity contribution < 1.29 is 23.1 Å². The van der Waals surface area contributed by atoms with Crippen LogP contribution in [0.15, 0.2) is 42.5 Å². The summed E-state index contributed by atoms with van der Waals surface area (Å²) in [6, 6.07) is 13.0. The van der Waals surface area contributed by atoms with Gasteiger partial charge in [-0.25, -0.2) is 9.78 Å². The number of alkyl halides is 3. The SMILES string of the molecule is O=C(O)c1ccc2nc3c(CCCCCCCCCC(F)(F)F)cccc3cc2c1. The molecule has 0 aliphatic heterocycles. The minimum Gasteiger partial charge on any atom is -0.478 e. The number of hydrogen-bond donors (Lipinski definition) is 1. The Bertz CT molecular complexity index is 1010. The minimum atomic E-state index is -4.03. The van der Waals surface area contributed by atoms with E-state index in [1.807, 2.05) is 18.2 Å². The van der Waals surface area contributed by atoms with Crippen LogP contribution in [0.1, 0.15) is 67.3 Å². The average molecular weight is 417 g/mol. The number of rotatable bonds is 10. The summed E-state index contributed by atoms with van der Waals surface area (Å²) in [4.78, 5) is 15.9. The van der Waals surface area contributed by atoms with Crippen molar-refractivity contribution in [2.45, 2.75) is 64.0 Å². The summed E-state index contributed by atoms with van der Waals surface area (Å²) in [5.41, 5.74) is 3.14. The number of unbranched alkanes of at least 4 members (excludes halogenated alkanes) is 6. The van der Waals surface area contributed by atoms with Crippen LogP contribution >= 0.6 is 0 Å². The maximum absolute atomic E-state index is 12.1. The van der Waals surface area contributed by atoms with Gasteiger partial charge in [-0.3, -0.25) is 0 Å². The van der Waals surface area contributed by atoms with Gasteiger partial charge in [0.2, 0.25) is 0 Å². The van der Waals surface area contributed by atoms with E-state index in [9.17, 15) is 18.0 Å². The molecule has 0 fully saturated rings. The third-order valence-electron chi connectivity index (χ3n) is 5.37. The van der Waals surface area contributed by atoms with Crippen molar-refractivity contribution in [1.29, 1.82) is 0 Å². The van der Waals surface area contributed by atoms with Crippen LogP contribution in [0, 0.1) is 0 Å². The van der Waals surface area contributed by atoms with Crippen molar-refractivity contribution in [2.75, 3.05) is 0 Å². The summed E-state index contributed by atoms with van der Waals surface area (Å²) >= 11 is 0. The topological polar surface area (TPSA) is 50.2 Å². The number of carbonyl (C=O) groups is 1. The lowest BCUT2D eigenvalue weighted by atomic mass is 10.0. The number of aromatic carboxylic acids is 1. The van der Waals surface area contributed by atoms with Crippen LogP contribution in [0.25, 0.3) is 21.8 Å². The molecule has 2 aromatic carbocycles. The molecular formula is C24H26F3NO2. The van der Waals surface area contributed by atoms with Gasteiger partial charge in [0, 0.05) is 17.2 Å². The second-order valence-corrected chi connectivity index (χ2v) is 7.78. The van der Waals surface area contributed by atoms with Gasteiger partial charge in [-0.05, 0) is 49.1 Å². The number of nitrogens with zero attached hydrogens (tertiary/aromatic N) is 1. The number of pyridine rings is 1. The van der Waals surface area contributed by atoms with Gasteiger partial charge in [-0.1, -0.05) is 50.3 Å². The van der Waals surface area contributed by atoms with Crippen molar-refractivity contribution in [1.82, 2.24) is 4.98 Å². The van der Waals surface area contributed by atoms with E-state index in [0.717, 1.165) is 60.3 Å². The van der Waals surface area contributed by atoms with E-state index in [0.29, 0.717) is 6.42 Å². The van der Waals surface area contributed by atoms with Crippen LogP contribution in [0.5, 0.6) is 0 Å². The Balaban J connectivity index is 1.52. The maximum atomic E-state index is 12.1. The largest absolute Gasteiger partial charge is 0.478 e. The van der Waals surface area contributed by atoms with E-state index in [-0.39, 0.29) is 12.0 Å². The van der Waals surface area contributed by atoms with Gasteiger partial charge in [-0.15, -0.1) is 0 Å². The Morgan fingerprint density at radius 2 is 1.57 bits per heavy atom. The summed E-state index contributed by atoms with van der Waals surface area (Å²) in [7, 11) is 0. The molecular weight excluding hydrogens is 391 g/mol. The first-order chi connectivity index (χ1) is 14.3. The first-order valence-corrected chi connectivity index (χ1v) is 10.5. The molecule has 0 unspecified atom stereocenters. The first kappa shape index (κ1) is 22.1. The monoisotopic (exact) mass is 417 g/mol. The van der Waals surface area contributed by atoms with E-state index in [1.54, 1.807) is 18.2 Å². The first-order valence-electron chi connectivity index (χ1n) is 10.5. The third kappa shape index (κ3) is 6.18. The van der Waals surface area contributed by atoms with E-state index in [2.05, 4.69) is 6.07 Å². The van der Waals surface area contributed by atoms with E-state index in [4.69, 9.17) is 10.1 Å². The van der Waals surface area contributed by atoms with Gasteiger partial charge in [0.25, 0.3) is 0 Å². The molecule has 0 aliphatic rings. The highest BCUT2D eigenvalue weighted by molar-refractivity contribution is 5.98. The van der Waals surface area contributed by atoms with Crippen molar-refractivity contribution in [3.8, 4) is 0 Å². The van der Waals surface area contributed by atoms with E-state index in [1.165, 1.54) is 5.56 Å². The molecule has 1 heterocycles. The van der Waals surface area contributed by atoms with Crippen LogP contribution < -0.4 is 0 Å². The Morgan fingerprint density at radius 3 is 2.27 bits per heavy atom. The number of aromatic nitrogens is 1. The molecule has 0 saturated carbocycles.